The lowest BCUT2D eigenvalue weighted by Gasteiger charge is -2.06. The molecule has 31 heavy (non-hydrogen) atoms. The van der Waals surface area contributed by atoms with Crippen LogP contribution in [-0.4, -0.2) is 46.7 Å². The number of benzene rings is 2. The van der Waals surface area contributed by atoms with E-state index in [4.69, 9.17) is 9.47 Å². The summed E-state index contributed by atoms with van der Waals surface area (Å²) in [6.45, 7) is 0. The number of aromatic hydroxyl groups is 1. The molecule has 0 saturated carbocycles. The van der Waals surface area contributed by atoms with Gasteiger partial charge in [0.05, 0.1) is 19.7 Å². The fourth-order valence-corrected chi connectivity index (χ4v) is 3.33. The molecule has 2 aromatic rings. The first-order valence-electron chi connectivity index (χ1n) is 8.88. The number of imide groups is 1. The normalized spacial score (nSPS) is 15.6. The van der Waals surface area contributed by atoms with Crippen LogP contribution < -0.4 is 20.2 Å². The van der Waals surface area contributed by atoms with Crippen molar-refractivity contribution in [3.63, 3.8) is 0 Å². The molecule has 1 heterocycles. The number of amides is 3. The van der Waals surface area contributed by atoms with E-state index in [0.29, 0.717) is 5.56 Å². The van der Waals surface area contributed by atoms with Gasteiger partial charge in [0.2, 0.25) is 5.91 Å². The topological polar surface area (TPSA) is 143 Å². The lowest BCUT2D eigenvalue weighted by molar-refractivity contribution is -0.135. The molecule has 3 amide bonds. The highest BCUT2D eigenvalue weighted by Crippen LogP contribution is 2.26. The first-order chi connectivity index (χ1) is 14.9. The van der Waals surface area contributed by atoms with Gasteiger partial charge in [0, 0.05) is 5.56 Å². The lowest BCUT2D eigenvalue weighted by Crippen LogP contribution is -2.27. The highest BCUT2D eigenvalue weighted by atomic mass is 32.2. The molecule has 0 aliphatic carbocycles. The highest BCUT2D eigenvalue weighted by molar-refractivity contribution is 8.15. The SMILES string of the molecule is COc1cc(C(=O)N/N=C\c2ccc(OC(=O)C[C@H]3SC(=O)NC3=O)cc2)ccc1O. The van der Waals surface area contributed by atoms with Crippen molar-refractivity contribution in [3.8, 4) is 17.2 Å². The summed E-state index contributed by atoms with van der Waals surface area (Å²) in [4.78, 5) is 46.6. The second-order valence-corrected chi connectivity index (χ2v) is 7.39. The van der Waals surface area contributed by atoms with Crippen LogP contribution in [0.3, 0.4) is 0 Å². The summed E-state index contributed by atoms with van der Waals surface area (Å²) in [6, 6.07) is 10.4. The number of hydrogen-bond acceptors (Lipinski definition) is 9. The molecular formula is C20H17N3O7S. The minimum atomic E-state index is -0.788. The molecular weight excluding hydrogens is 426 g/mol. The summed E-state index contributed by atoms with van der Waals surface area (Å²) in [6.07, 6.45) is 1.17. The van der Waals surface area contributed by atoms with E-state index < -0.39 is 28.3 Å². The highest BCUT2D eigenvalue weighted by Gasteiger charge is 2.33. The number of nitrogens with one attached hydrogen (secondary N) is 2. The molecule has 1 saturated heterocycles. The van der Waals surface area contributed by atoms with Crippen molar-refractivity contribution >= 4 is 41.0 Å². The number of carbonyl (C=O) groups excluding carboxylic acids is 4. The molecule has 1 fully saturated rings. The van der Waals surface area contributed by atoms with Crippen molar-refractivity contribution in [1.82, 2.24) is 10.7 Å². The zero-order valence-corrected chi connectivity index (χ0v) is 17.0. The van der Waals surface area contributed by atoms with Gasteiger partial charge in [-0.15, -0.1) is 0 Å². The van der Waals surface area contributed by atoms with Crippen molar-refractivity contribution in [2.45, 2.75) is 11.7 Å². The Labute approximate surface area is 180 Å². The Hall–Kier alpha value is -3.86. The third-order valence-corrected chi connectivity index (χ3v) is 5.03. The van der Waals surface area contributed by atoms with Crippen LogP contribution in [0, 0.1) is 0 Å². The standard InChI is InChI=1S/C20H17N3O7S/c1-29-15-8-12(4-7-14(15)24)18(26)23-21-10-11-2-5-13(6-3-11)30-17(25)9-16-19(27)22-20(28)31-16/h2-8,10,16,24H,9H2,1H3,(H,23,26)(H,22,27,28)/b21-10-/t16-/m1/s1. The van der Waals surface area contributed by atoms with Gasteiger partial charge < -0.3 is 14.6 Å². The molecule has 2 aromatic carbocycles. The molecule has 160 valence electrons. The van der Waals surface area contributed by atoms with E-state index in [1.54, 1.807) is 12.1 Å². The van der Waals surface area contributed by atoms with Crippen LogP contribution in [0.15, 0.2) is 47.6 Å². The van der Waals surface area contributed by atoms with Gasteiger partial charge in [-0.05, 0) is 48.0 Å². The van der Waals surface area contributed by atoms with Gasteiger partial charge in [-0.3, -0.25) is 24.5 Å². The van der Waals surface area contributed by atoms with E-state index in [2.05, 4.69) is 15.8 Å². The van der Waals surface area contributed by atoms with Gasteiger partial charge in [0.1, 0.15) is 11.0 Å². The number of phenolic OH excluding ortho intramolecular Hbond substituents is 1. The number of hydrogen-bond donors (Lipinski definition) is 3. The molecule has 0 unspecified atom stereocenters. The predicted molar refractivity (Wildman–Crippen MR) is 111 cm³/mol. The molecule has 11 heteroatoms. The number of rotatable bonds is 7. The van der Waals surface area contributed by atoms with E-state index in [9.17, 15) is 24.3 Å². The maximum atomic E-state index is 12.1. The molecule has 3 N–H and O–H groups in total. The van der Waals surface area contributed by atoms with Gasteiger partial charge in [-0.25, -0.2) is 5.43 Å². The molecule has 1 aliphatic heterocycles. The van der Waals surface area contributed by atoms with Gasteiger partial charge in [0.25, 0.3) is 11.1 Å². The lowest BCUT2D eigenvalue weighted by atomic mass is 10.2. The predicted octanol–water partition coefficient (Wildman–Crippen LogP) is 1.81. The Bertz CT molecular complexity index is 1050. The summed E-state index contributed by atoms with van der Waals surface area (Å²) >= 11 is 0.756. The number of thioether (sulfide) groups is 1. The van der Waals surface area contributed by atoms with Crippen LogP contribution in [0.25, 0.3) is 0 Å². The van der Waals surface area contributed by atoms with E-state index in [1.165, 1.54) is 43.7 Å². The van der Waals surface area contributed by atoms with Crippen molar-refractivity contribution in [3.05, 3.63) is 53.6 Å². The fourth-order valence-electron chi connectivity index (χ4n) is 2.52. The average Bonchev–Trinajstić information content (AvgIpc) is 3.06. The monoisotopic (exact) mass is 443 g/mol. The van der Waals surface area contributed by atoms with Gasteiger partial charge in [0.15, 0.2) is 11.5 Å². The minimum absolute atomic E-state index is 0.0814. The quantitative estimate of drug-likeness (QED) is 0.254. The number of phenols is 1. The molecule has 0 radical (unpaired) electrons. The Morgan fingerprint density at radius 3 is 2.61 bits per heavy atom. The van der Waals surface area contributed by atoms with Crippen molar-refractivity contribution < 1.29 is 33.8 Å². The number of hydrazone groups is 1. The molecule has 1 atom stereocenters. The van der Waals surface area contributed by atoms with E-state index in [-0.39, 0.29) is 29.2 Å². The van der Waals surface area contributed by atoms with Gasteiger partial charge >= 0.3 is 5.97 Å². The molecule has 0 spiro atoms. The van der Waals surface area contributed by atoms with Crippen molar-refractivity contribution in [1.29, 1.82) is 0 Å². The summed E-state index contributed by atoms with van der Waals surface area (Å²) in [5, 5.41) is 14.3. The zero-order chi connectivity index (χ0) is 22.4. The molecule has 0 aromatic heterocycles. The second-order valence-electron chi connectivity index (χ2n) is 6.22. The number of methoxy groups -OCH3 is 1. The fraction of sp³-hybridized carbons (Fsp3) is 0.150. The molecule has 0 bridgehead atoms. The number of nitrogens with zero attached hydrogens (tertiary/aromatic N) is 1. The molecule has 3 rings (SSSR count). The molecule has 1 aliphatic rings. The van der Waals surface area contributed by atoms with Crippen LogP contribution in [0.2, 0.25) is 0 Å². The summed E-state index contributed by atoms with van der Waals surface area (Å²) < 4.78 is 10.1. The smallest absolute Gasteiger partial charge is 0.312 e. The van der Waals surface area contributed by atoms with Crippen LogP contribution in [0.4, 0.5) is 4.79 Å². The summed E-state index contributed by atoms with van der Waals surface area (Å²) in [5.41, 5.74) is 3.23. The van der Waals surface area contributed by atoms with Gasteiger partial charge in [-0.2, -0.15) is 5.10 Å². The van der Waals surface area contributed by atoms with Crippen LogP contribution >= 0.6 is 11.8 Å². The van der Waals surface area contributed by atoms with Crippen LogP contribution in [-0.2, 0) is 9.59 Å². The Balaban J connectivity index is 1.51. The van der Waals surface area contributed by atoms with E-state index in [0.717, 1.165) is 11.8 Å². The van der Waals surface area contributed by atoms with Crippen LogP contribution in [0.5, 0.6) is 17.2 Å². The maximum absolute atomic E-state index is 12.1. The van der Waals surface area contributed by atoms with Gasteiger partial charge in [-0.1, -0.05) is 11.8 Å². The Morgan fingerprint density at radius 1 is 1.23 bits per heavy atom. The van der Waals surface area contributed by atoms with E-state index in [1.807, 2.05) is 0 Å². The Kier molecular flexibility index (Phi) is 6.88. The Morgan fingerprint density at radius 2 is 1.97 bits per heavy atom. The number of esters is 1. The van der Waals surface area contributed by atoms with Crippen molar-refractivity contribution in [2.24, 2.45) is 5.10 Å². The third kappa shape index (κ3) is 5.82. The largest absolute Gasteiger partial charge is 0.504 e. The van der Waals surface area contributed by atoms with E-state index >= 15 is 0 Å². The molecule has 10 nitrogen and oxygen atoms in total. The first-order valence-corrected chi connectivity index (χ1v) is 9.76. The maximum Gasteiger partial charge on any atom is 0.312 e. The summed E-state index contributed by atoms with van der Waals surface area (Å²) in [7, 11) is 1.38. The third-order valence-electron chi connectivity index (χ3n) is 4.05. The first kappa shape index (κ1) is 21.8. The second kappa shape index (κ2) is 9.76. The summed E-state index contributed by atoms with van der Waals surface area (Å²) in [5.74, 6) is -1.29. The number of carbonyl (C=O) groups is 4. The van der Waals surface area contributed by atoms with Crippen molar-refractivity contribution in [2.75, 3.05) is 7.11 Å². The zero-order valence-electron chi connectivity index (χ0n) is 16.2. The minimum Gasteiger partial charge on any atom is -0.504 e. The van der Waals surface area contributed by atoms with Crippen LogP contribution in [0.1, 0.15) is 22.3 Å². The average molecular weight is 443 g/mol. The number of ether oxygens (including phenoxy) is 2.